The van der Waals surface area contributed by atoms with E-state index in [2.05, 4.69) is 36.6 Å². The molecule has 1 aliphatic heterocycles. The molecule has 0 spiro atoms. The Balaban J connectivity index is 1.50. The Labute approximate surface area is 193 Å². The number of nitrogens with zero attached hydrogens (tertiary/aromatic N) is 3. The van der Waals surface area contributed by atoms with Crippen LogP contribution in [0.3, 0.4) is 0 Å². The zero-order chi connectivity index (χ0) is 22.7. The number of amides is 2. The van der Waals surface area contributed by atoms with Gasteiger partial charge in [-0.05, 0) is 58.4 Å². The van der Waals surface area contributed by atoms with Gasteiger partial charge in [-0.15, -0.1) is 0 Å². The first-order valence-corrected chi connectivity index (χ1v) is 10.9. The van der Waals surface area contributed by atoms with Gasteiger partial charge in [0.25, 0.3) is 0 Å². The van der Waals surface area contributed by atoms with Crippen LogP contribution in [0.4, 0.5) is 20.6 Å². The van der Waals surface area contributed by atoms with Crippen LogP contribution in [-0.4, -0.2) is 58.2 Å². The maximum Gasteiger partial charge on any atom is 0.323 e. The van der Waals surface area contributed by atoms with Crippen molar-refractivity contribution in [1.29, 1.82) is 0 Å². The molecule has 0 unspecified atom stereocenters. The number of aliphatic hydroxyl groups excluding tert-OH is 1. The average molecular weight is 504 g/mol. The molecule has 0 atom stereocenters. The summed E-state index contributed by atoms with van der Waals surface area (Å²) in [6, 6.07) is 10.4. The Bertz CT molecular complexity index is 1080. The van der Waals surface area contributed by atoms with E-state index in [1.807, 2.05) is 13.1 Å². The van der Waals surface area contributed by atoms with Gasteiger partial charge in [-0.1, -0.05) is 0 Å². The third-order valence-corrected chi connectivity index (χ3v) is 5.67. The van der Waals surface area contributed by atoms with E-state index in [0.29, 0.717) is 43.4 Å². The fourth-order valence-electron chi connectivity index (χ4n) is 3.47. The summed E-state index contributed by atoms with van der Waals surface area (Å²) >= 11 is 3.53. The number of aryl methyl sites for hydroxylation is 1. The summed E-state index contributed by atoms with van der Waals surface area (Å²) in [7, 11) is 1.83. The molecule has 0 saturated carbocycles. The van der Waals surface area contributed by atoms with Crippen molar-refractivity contribution >= 4 is 33.3 Å². The number of benzene rings is 2. The fourth-order valence-corrected chi connectivity index (χ4v) is 4.03. The Morgan fingerprint density at radius 3 is 2.56 bits per heavy atom. The van der Waals surface area contributed by atoms with Crippen LogP contribution in [-0.2, 0) is 7.05 Å². The highest BCUT2D eigenvalue weighted by Crippen LogP contribution is 2.36. The quantitative estimate of drug-likeness (QED) is 0.457. The largest absolute Gasteiger partial charge is 0.492 e. The third kappa shape index (κ3) is 5.26. The lowest BCUT2D eigenvalue weighted by Crippen LogP contribution is -2.51. The number of ether oxygens (including phenoxy) is 1. The van der Waals surface area contributed by atoms with E-state index >= 15 is 0 Å². The van der Waals surface area contributed by atoms with Crippen molar-refractivity contribution in [2.75, 3.05) is 36.9 Å². The van der Waals surface area contributed by atoms with E-state index in [4.69, 9.17) is 4.74 Å². The molecule has 8 nitrogen and oxygen atoms in total. The summed E-state index contributed by atoms with van der Waals surface area (Å²) in [5.41, 5.74) is 2.61. The number of aliphatic hydroxyl groups is 1. The fraction of sp³-hybridized carbons (Fsp3) is 0.273. The van der Waals surface area contributed by atoms with Crippen LogP contribution >= 0.6 is 15.9 Å². The molecule has 32 heavy (non-hydrogen) atoms. The lowest BCUT2D eigenvalue weighted by atomic mass is 10.1. The van der Waals surface area contributed by atoms with Gasteiger partial charge in [0.1, 0.15) is 18.2 Å². The van der Waals surface area contributed by atoms with Gasteiger partial charge in [0, 0.05) is 43.6 Å². The lowest BCUT2D eigenvalue weighted by molar-refractivity contribution is -0.00384. The molecule has 1 saturated heterocycles. The summed E-state index contributed by atoms with van der Waals surface area (Å²) in [4.78, 5) is 14.5. The minimum atomic E-state index is -0.448. The van der Waals surface area contributed by atoms with Crippen molar-refractivity contribution in [2.24, 2.45) is 7.05 Å². The predicted octanol–water partition coefficient (Wildman–Crippen LogP) is 3.69. The highest BCUT2D eigenvalue weighted by Gasteiger charge is 2.24. The summed E-state index contributed by atoms with van der Waals surface area (Å²) in [6.45, 7) is 2.50. The van der Waals surface area contributed by atoms with Gasteiger partial charge < -0.3 is 20.5 Å². The zero-order valence-electron chi connectivity index (χ0n) is 17.4. The molecule has 0 aliphatic carbocycles. The summed E-state index contributed by atoms with van der Waals surface area (Å²) in [6.07, 6.45) is 1.45. The number of hydrogen-bond acceptors (Lipinski definition) is 5. The Kier molecular flexibility index (Phi) is 6.73. The molecule has 1 aliphatic rings. The minimum absolute atomic E-state index is 0.248. The third-order valence-electron chi connectivity index (χ3n) is 5.09. The molecule has 1 aromatic heterocycles. The summed E-state index contributed by atoms with van der Waals surface area (Å²) in [5.74, 6) is 0.281. The number of rotatable bonds is 7. The summed E-state index contributed by atoms with van der Waals surface area (Å²) < 4.78 is 21.6. The maximum absolute atomic E-state index is 13.1. The van der Waals surface area contributed by atoms with Crippen LogP contribution in [0.5, 0.6) is 5.75 Å². The second-order valence-electron chi connectivity index (χ2n) is 7.52. The molecule has 0 bridgehead atoms. The minimum Gasteiger partial charge on any atom is -0.492 e. The Morgan fingerprint density at radius 1 is 1.22 bits per heavy atom. The predicted molar refractivity (Wildman–Crippen MR) is 123 cm³/mol. The van der Waals surface area contributed by atoms with Crippen molar-refractivity contribution in [3.05, 3.63) is 59.0 Å². The van der Waals surface area contributed by atoms with Crippen molar-refractivity contribution in [2.45, 2.75) is 6.10 Å². The van der Waals surface area contributed by atoms with Crippen LogP contribution in [0.25, 0.3) is 11.3 Å². The molecule has 2 amide bonds. The number of urea groups is 1. The normalized spacial score (nSPS) is 14.1. The first-order valence-electron chi connectivity index (χ1n) is 10.1. The van der Waals surface area contributed by atoms with Gasteiger partial charge >= 0.3 is 6.03 Å². The Morgan fingerprint density at radius 2 is 1.91 bits per heavy atom. The monoisotopic (exact) mass is 503 g/mol. The smallest absolute Gasteiger partial charge is 0.323 e. The van der Waals surface area contributed by atoms with Gasteiger partial charge in [0.2, 0.25) is 0 Å². The van der Waals surface area contributed by atoms with E-state index in [9.17, 15) is 14.3 Å². The van der Waals surface area contributed by atoms with Gasteiger partial charge in [0.15, 0.2) is 0 Å². The molecule has 3 aromatic rings. The molecular formula is C22H23BrFN5O3. The van der Waals surface area contributed by atoms with Crippen molar-refractivity contribution in [3.63, 3.8) is 0 Å². The van der Waals surface area contributed by atoms with Crippen LogP contribution in [0.15, 0.2) is 53.1 Å². The van der Waals surface area contributed by atoms with Gasteiger partial charge in [-0.25, -0.2) is 9.18 Å². The van der Waals surface area contributed by atoms with Gasteiger partial charge in [0.05, 0.1) is 22.5 Å². The second kappa shape index (κ2) is 9.68. The van der Waals surface area contributed by atoms with Crippen LogP contribution in [0, 0.1) is 5.82 Å². The Hall–Kier alpha value is -2.95. The lowest BCUT2D eigenvalue weighted by Gasteiger charge is -2.35. The number of carbonyl (C=O) groups excluding carboxylic acids is 1. The first kappa shape index (κ1) is 22.3. The molecule has 10 heteroatoms. The molecule has 3 N–H and O–H groups in total. The van der Waals surface area contributed by atoms with E-state index in [1.54, 1.807) is 23.0 Å². The maximum atomic E-state index is 13.1. The SMILES string of the molecule is Cn1ncc(Br)c1-c1cc(NC(=O)Nc2ccc(F)cc2)ccc1OCCN1CC(O)C1. The van der Waals surface area contributed by atoms with Crippen molar-refractivity contribution in [1.82, 2.24) is 14.7 Å². The number of hydrogen-bond donors (Lipinski definition) is 3. The highest BCUT2D eigenvalue weighted by atomic mass is 79.9. The first-order chi connectivity index (χ1) is 15.4. The summed E-state index contributed by atoms with van der Waals surface area (Å²) in [5, 5.41) is 19.2. The average Bonchev–Trinajstić information content (AvgIpc) is 3.07. The number of anilines is 2. The van der Waals surface area contributed by atoms with Crippen LogP contribution in [0.1, 0.15) is 0 Å². The second-order valence-corrected chi connectivity index (χ2v) is 8.38. The van der Waals surface area contributed by atoms with E-state index < -0.39 is 6.03 Å². The number of carbonyl (C=O) groups is 1. The number of aromatic nitrogens is 2. The number of nitrogens with one attached hydrogen (secondary N) is 2. The molecule has 0 radical (unpaired) electrons. The van der Waals surface area contributed by atoms with Crippen LogP contribution < -0.4 is 15.4 Å². The topological polar surface area (TPSA) is 91.7 Å². The molecule has 2 heterocycles. The molecule has 2 aromatic carbocycles. The van der Waals surface area contributed by atoms with Gasteiger partial charge in [-0.2, -0.15) is 5.10 Å². The molecule has 4 rings (SSSR count). The number of likely N-dealkylation sites (tertiary alicyclic amines) is 1. The van der Waals surface area contributed by atoms with E-state index in [1.165, 1.54) is 24.3 Å². The van der Waals surface area contributed by atoms with Crippen molar-refractivity contribution < 1.29 is 19.0 Å². The number of halogens is 2. The molecular weight excluding hydrogens is 481 g/mol. The zero-order valence-corrected chi connectivity index (χ0v) is 19.0. The molecule has 168 valence electrons. The van der Waals surface area contributed by atoms with Crippen LogP contribution in [0.2, 0.25) is 0 Å². The van der Waals surface area contributed by atoms with Crippen molar-refractivity contribution in [3.8, 4) is 17.0 Å². The molecule has 1 fully saturated rings. The number of β-amino-alcohol motifs (C(OH)–C–C–N with tert-alkyl or cyclic N) is 1. The highest BCUT2D eigenvalue weighted by molar-refractivity contribution is 9.10. The van der Waals surface area contributed by atoms with E-state index in [-0.39, 0.29) is 11.9 Å². The van der Waals surface area contributed by atoms with Gasteiger partial charge in [-0.3, -0.25) is 9.58 Å². The van der Waals surface area contributed by atoms with E-state index in [0.717, 1.165) is 15.7 Å². The standard InChI is InChI=1S/C22H23BrFN5O3/c1-28-21(19(23)11-25-28)18-10-16(27-22(31)26-15-4-2-14(24)3-5-15)6-7-20(18)32-9-8-29-12-17(30)13-29/h2-7,10-11,17,30H,8-9,12-13H2,1H3,(H2,26,27,31).